The first kappa shape index (κ1) is 17.4. The first-order valence-corrected chi connectivity index (χ1v) is 8.54. The smallest absolute Gasteiger partial charge is 0.335 e. The summed E-state index contributed by atoms with van der Waals surface area (Å²) in [6, 6.07) is 20.0. The molecule has 0 aliphatic rings. The number of aromatic hydroxyl groups is 2. The van der Waals surface area contributed by atoms with E-state index in [2.05, 4.69) is 4.98 Å². The number of hydrogen-bond acceptors (Lipinski definition) is 4. The second-order valence-corrected chi connectivity index (χ2v) is 6.21. The molecule has 3 N–H and O–H groups in total. The Morgan fingerprint density at radius 1 is 0.821 bits per heavy atom. The number of carboxylic acid groups (broad SMARTS) is 1. The van der Waals surface area contributed by atoms with Gasteiger partial charge in [0, 0.05) is 17.4 Å². The number of rotatable bonds is 4. The highest BCUT2D eigenvalue weighted by molar-refractivity contribution is 5.88. The number of nitrogens with zero attached hydrogens (tertiary/aromatic N) is 2. The van der Waals surface area contributed by atoms with E-state index in [0.717, 1.165) is 0 Å². The van der Waals surface area contributed by atoms with Gasteiger partial charge in [0.05, 0.1) is 16.8 Å². The van der Waals surface area contributed by atoms with Crippen LogP contribution in [-0.2, 0) is 0 Å². The van der Waals surface area contributed by atoms with Crippen LogP contribution in [-0.4, -0.2) is 30.8 Å². The predicted octanol–water partition coefficient (Wildman–Crippen LogP) is 4.32. The zero-order valence-corrected chi connectivity index (χ0v) is 14.6. The van der Waals surface area contributed by atoms with Crippen LogP contribution in [0.2, 0.25) is 0 Å². The Morgan fingerprint density at radius 3 is 2.11 bits per heavy atom. The van der Waals surface area contributed by atoms with Crippen molar-refractivity contribution in [1.82, 2.24) is 9.55 Å². The van der Waals surface area contributed by atoms with Gasteiger partial charge in [0.15, 0.2) is 0 Å². The second kappa shape index (κ2) is 6.92. The zero-order valence-electron chi connectivity index (χ0n) is 14.6. The Bertz CT molecular complexity index is 1180. The molecule has 1 heterocycles. The number of para-hydroxylation sites is 2. The van der Waals surface area contributed by atoms with Crippen molar-refractivity contribution in [1.29, 1.82) is 0 Å². The number of phenolic OH excluding ortho intramolecular Hbond substituents is 2. The van der Waals surface area contributed by atoms with Gasteiger partial charge in [0.2, 0.25) is 0 Å². The lowest BCUT2D eigenvalue weighted by molar-refractivity contribution is 0.0697. The second-order valence-electron chi connectivity index (χ2n) is 6.21. The molecule has 0 spiro atoms. The maximum Gasteiger partial charge on any atom is 0.335 e. The van der Waals surface area contributed by atoms with E-state index in [1.165, 1.54) is 12.1 Å². The molecule has 4 rings (SSSR count). The van der Waals surface area contributed by atoms with Gasteiger partial charge in [-0.2, -0.15) is 0 Å². The minimum atomic E-state index is -1.04. The van der Waals surface area contributed by atoms with Crippen LogP contribution in [0, 0.1) is 0 Å². The Morgan fingerprint density at radius 2 is 1.46 bits per heavy atom. The molecular weight excluding hydrogens is 356 g/mol. The quantitative estimate of drug-likeness (QED) is 0.496. The van der Waals surface area contributed by atoms with Crippen molar-refractivity contribution in [3.63, 3.8) is 0 Å². The first-order valence-electron chi connectivity index (χ1n) is 8.54. The monoisotopic (exact) mass is 372 g/mol. The number of carbonyl (C=O) groups is 1. The van der Waals surface area contributed by atoms with Gasteiger partial charge >= 0.3 is 5.97 Å². The Balaban J connectivity index is 1.97. The van der Waals surface area contributed by atoms with Gasteiger partial charge in [-0.1, -0.05) is 30.3 Å². The van der Waals surface area contributed by atoms with Crippen molar-refractivity contribution in [3.05, 3.63) is 84.6 Å². The molecule has 0 bridgehead atoms. The molecule has 3 aromatic carbocycles. The van der Waals surface area contributed by atoms with Gasteiger partial charge in [-0.25, -0.2) is 9.78 Å². The van der Waals surface area contributed by atoms with Crippen molar-refractivity contribution in [3.8, 4) is 39.8 Å². The van der Waals surface area contributed by atoms with E-state index < -0.39 is 5.97 Å². The van der Waals surface area contributed by atoms with Crippen molar-refractivity contribution >= 4 is 5.97 Å². The van der Waals surface area contributed by atoms with E-state index in [1.54, 1.807) is 71.4 Å². The number of hydrogen-bond donors (Lipinski definition) is 3. The molecule has 0 aliphatic carbocycles. The summed E-state index contributed by atoms with van der Waals surface area (Å²) >= 11 is 0. The summed E-state index contributed by atoms with van der Waals surface area (Å²) in [6.07, 6.45) is 1.71. The number of aromatic carboxylic acids is 1. The van der Waals surface area contributed by atoms with E-state index >= 15 is 0 Å². The minimum Gasteiger partial charge on any atom is -0.507 e. The van der Waals surface area contributed by atoms with Crippen molar-refractivity contribution < 1.29 is 20.1 Å². The fraction of sp³-hybridized carbons (Fsp3) is 0. The normalized spacial score (nSPS) is 10.7. The summed E-state index contributed by atoms with van der Waals surface area (Å²) in [7, 11) is 0. The van der Waals surface area contributed by atoms with Crippen molar-refractivity contribution in [2.45, 2.75) is 0 Å². The molecule has 0 radical (unpaired) electrons. The molecule has 6 heteroatoms. The Hall–Kier alpha value is -4.06. The molecule has 0 saturated carbocycles. The molecule has 0 aliphatic heterocycles. The van der Waals surface area contributed by atoms with Gasteiger partial charge in [0.25, 0.3) is 0 Å². The molecule has 0 saturated heterocycles. The van der Waals surface area contributed by atoms with Crippen LogP contribution >= 0.6 is 0 Å². The summed E-state index contributed by atoms with van der Waals surface area (Å²) in [5.41, 5.74) is 2.24. The fourth-order valence-electron chi connectivity index (χ4n) is 3.04. The summed E-state index contributed by atoms with van der Waals surface area (Å²) in [5, 5.41) is 29.8. The Labute approximate surface area is 160 Å². The molecule has 4 aromatic rings. The highest BCUT2D eigenvalue weighted by atomic mass is 16.4. The summed E-state index contributed by atoms with van der Waals surface area (Å²) in [4.78, 5) is 16.0. The highest BCUT2D eigenvalue weighted by Gasteiger charge is 2.18. The zero-order chi connectivity index (χ0) is 19.7. The van der Waals surface area contributed by atoms with Gasteiger partial charge in [-0.15, -0.1) is 0 Å². The molecule has 138 valence electrons. The van der Waals surface area contributed by atoms with Crippen LogP contribution in [0.15, 0.2) is 79.0 Å². The maximum absolute atomic E-state index is 11.4. The lowest BCUT2D eigenvalue weighted by Gasteiger charge is -2.09. The van der Waals surface area contributed by atoms with Crippen LogP contribution in [0.3, 0.4) is 0 Å². The topological polar surface area (TPSA) is 95.6 Å². The molecular formula is C22H16N2O4. The predicted molar refractivity (Wildman–Crippen MR) is 105 cm³/mol. The average molecular weight is 372 g/mol. The van der Waals surface area contributed by atoms with E-state index in [-0.39, 0.29) is 17.1 Å². The van der Waals surface area contributed by atoms with Crippen molar-refractivity contribution in [2.75, 3.05) is 0 Å². The van der Waals surface area contributed by atoms with E-state index in [1.807, 2.05) is 0 Å². The number of imidazole rings is 1. The van der Waals surface area contributed by atoms with Crippen LogP contribution in [0.1, 0.15) is 10.4 Å². The molecule has 0 fully saturated rings. The maximum atomic E-state index is 11.4. The van der Waals surface area contributed by atoms with Crippen LogP contribution in [0.4, 0.5) is 0 Å². The largest absolute Gasteiger partial charge is 0.507 e. The van der Waals surface area contributed by atoms with E-state index in [9.17, 15) is 20.1 Å². The van der Waals surface area contributed by atoms with E-state index in [4.69, 9.17) is 0 Å². The molecule has 28 heavy (non-hydrogen) atoms. The number of phenols is 2. The highest BCUT2D eigenvalue weighted by Crippen LogP contribution is 2.35. The fourth-order valence-corrected chi connectivity index (χ4v) is 3.04. The summed E-state index contributed by atoms with van der Waals surface area (Å²) in [6.45, 7) is 0. The van der Waals surface area contributed by atoms with Gasteiger partial charge < -0.3 is 15.3 Å². The third kappa shape index (κ3) is 3.07. The third-order valence-electron chi connectivity index (χ3n) is 4.40. The Kier molecular flexibility index (Phi) is 4.29. The first-order chi connectivity index (χ1) is 13.5. The molecule has 0 unspecified atom stereocenters. The third-order valence-corrected chi connectivity index (χ3v) is 4.40. The molecule has 0 amide bonds. The van der Waals surface area contributed by atoms with Crippen LogP contribution < -0.4 is 0 Å². The minimum absolute atomic E-state index is 0.0487. The lowest BCUT2D eigenvalue weighted by atomic mass is 10.1. The SMILES string of the molecule is O=C(O)c1cccc(-n2cc(-c3ccccc3O)nc2-c2ccccc2O)c1. The molecule has 6 nitrogen and oxygen atoms in total. The van der Waals surface area contributed by atoms with Gasteiger partial charge in [-0.3, -0.25) is 4.57 Å². The van der Waals surface area contributed by atoms with Crippen molar-refractivity contribution in [2.24, 2.45) is 0 Å². The lowest BCUT2D eigenvalue weighted by Crippen LogP contribution is -2.00. The number of carboxylic acids is 1. The van der Waals surface area contributed by atoms with Gasteiger partial charge in [-0.05, 0) is 42.5 Å². The summed E-state index contributed by atoms with van der Waals surface area (Å²) < 4.78 is 1.70. The number of benzene rings is 3. The van der Waals surface area contributed by atoms with Crippen LogP contribution in [0.5, 0.6) is 11.5 Å². The number of aromatic nitrogens is 2. The van der Waals surface area contributed by atoms with Crippen LogP contribution in [0.25, 0.3) is 28.3 Å². The molecule has 1 aromatic heterocycles. The van der Waals surface area contributed by atoms with Gasteiger partial charge in [0.1, 0.15) is 17.3 Å². The standard InChI is InChI=1S/C22H16N2O4/c25-19-10-3-1-8-16(19)18-13-24(15-7-5-6-14(12-15)22(27)28)21(23-18)17-9-2-4-11-20(17)26/h1-13,25-26H,(H,27,28). The van der Waals surface area contributed by atoms with E-state index in [0.29, 0.717) is 28.3 Å². The molecule has 0 atom stereocenters. The summed E-state index contributed by atoms with van der Waals surface area (Å²) in [5.74, 6) is -0.478. The average Bonchev–Trinajstić information content (AvgIpc) is 3.13.